The summed E-state index contributed by atoms with van der Waals surface area (Å²) in [5.41, 5.74) is 2.10. The van der Waals surface area contributed by atoms with Crippen LogP contribution in [0.25, 0.3) is 0 Å². The van der Waals surface area contributed by atoms with Crippen LogP contribution < -0.4 is 10.0 Å². The maximum absolute atomic E-state index is 11.7. The van der Waals surface area contributed by atoms with Crippen LogP contribution in [0.2, 0.25) is 0 Å². The third kappa shape index (κ3) is 7.03. The fourth-order valence-electron chi connectivity index (χ4n) is 2.99. The van der Waals surface area contributed by atoms with Gasteiger partial charge in [0.25, 0.3) is 0 Å². The molecule has 0 amide bonds. The van der Waals surface area contributed by atoms with Crippen molar-refractivity contribution in [1.82, 2.24) is 14.9 Å². The second-order valence-electron chi connectivity index (χ2n) is 7.29. The molecule has 0 saturated carbocycles. The fourth-order valence-corrected chi connectivity index (χ4v) is 3.76. The average molecular weight is 494 g/mol. The Balaban J connectivity index is 0.00000338. The first-order valence-electron chi connectivity index (χ1n) is 8.77. The van der Waals surface area contributed by atoms with E-state index in [0.717, 1.165) is 43.1 Å². The number of aliphatic imine (C=N–C) groups is 1. The average Bonchev–Trinajstić information content (AvgIpc) is 2.91. The summed E-state index contributed by atoms with van der Waals surface area (Å²) in [6, 6.07) is 7.61. The van der Waals surface area contributed by atoms with Crippen LogP contribution in [0.15, 0.2) is 29.3 Å². The van der Waals surface area contributed by atoms with E-state index in [1.165, 1.54) is 7.05 Å². The molecule has 0 aromatic heterocycles. The summed E-state index contributed by atoms with van der Waals surface area (Å²) < 4.78 is 25.8. The molecule has 1 fully saturated rings. The number of guanidine groups is 1. The Labute approximate surface area is 174 Å². The maximum atomic E-state index is 11.7. The predicted molar refractivity (Wildman–Crippen MR) is 118 cm³/mol. The van der Waals surface area contributed by atoms with Gasteiger partial charge in [-0.25, -0.2) is 18.1 Å². The molecular formula is C18H31IN4O2S. The summed E-state index contributed by atoms with van der Waals surface area (Å²) in [5.74, 6) is 0.919. The monoisotopic (exact) mass is 494 g/mol. The van der Waals surface area contributed by atoms with E-state index in [2.05, 4.69) is 35.7 Å². The van der Waals surface area contributed by atoms with Gasteiger partial charge in [0.15, 0.2) is 5.96 Å². The first kappa shape index (κ1) is 23.2. The summed E-state index contributed by atoms with van der Waals surface area (Å²) in [6.07, 6.45) is 1.16. The molecule has 1 aromatic carbocycles. The highest BCUT2D eigenvalue weighted by Gasteiger charge is 2.30. The number of likely N-dealkylation sites (tertiary alicyclic amines) is 1. The molecule has 0 bridgehead atoms. The predicted octanol–water partition coefficient (Wildman–Crippen LogP) is 2.55. The molecule has 1 heterocycles. The fraction of sp³-hybridized carbons (Fsp3) is 0.611. The minimum Gasteiger partial charge on any atom is -0.357 e. The first-order valence-corrected chi connectivity index (χ1v) is 10.4. The van der Waals surface area contributed by atoms with E-state index in [4.69, 9.17) is 4.99 Å². The zero-order chi connectivity index (χ0) is 18.5. The Morgan fingerprint density at radius 2 is 2.00 bits per heavy atom. The van der Waals surface area contributed by atoms with Gasteiger partial charge in [0.1, 0.15) is 0 Å². The second-order valence-corrected chi connectivity index (χ2v) is 9.22. The first-order chi connectivity index (χ1) is 11.7. The lowest BCUT2D eigenvalue weighted by Crippen LogP contribution is -2.40. The van der Waals surface area contributed by atoms with Crippen LogP contribution in [0.3, 0.4) is 0 Å². The van der Waals surface area contributed by atoms with E-state index in [-0.39, 0.29) is 29.7 Å². The summed E-state index contributed by atoms with van der Waals surface area (Å²) in [4.78, 5) is 7.06. The molecule has 2 rings (SSSR count). The number of nitrogens with one attached hydrogen (secondary N) is 2. The van der Waals surface area contributed by atoms with E-state index in [1.54, 1.807) is 0 Å². The molecule has 1 aliphatic rings. The highest BCUT2D eigenvalue weighted by Crippen LogP contribution is 2.28. The maximum Gasteiger partial charge on any atom is 0.215 e. The van der Waals surface area contributed by atoms with Crippen LogP contribution in [0.5, 0.6) is 0 Å². The molecule has 1 aromatic rings. The molecule has 1 aliphatic heterocycles. The van der Waals surface area contributed by atoms with E-state index >= 15 is 0 Å². The van der Waals surface area contributed by atoms with E-state index in [9.17, 15) is 8.42 Å². The molecule has 0 unspecified atom stereocenters. The topological polar surface area (TPSA) is 73.8 Å². The Kier molecular flexibility index (Phi) is 8.81. The molecule has 0 radical (unpaired) electrons. The summed E-state index contributed by atoms with van der Waals surface area (Å²) >= 11 is 0. The Bertz CT molecular complexity index is 720. The molecule has 6 nitrogen and oxygen atoms in total. The molecule has 2 N–H and O–H groups in total. The molecular weight excluding hydrogens is 463 g/mol. The summed E-state index contributed by atoms with van der Waals surface area (Å²) in [5, 5.41) is 3.36. The van der Waals surface area contributed by atoms with Crippen molar-refractivity contribution in [1.29, 1.82) is 0 Å². The van der Waals surface area contributed by atoms with Gasteiger partial charge < -0.3 is 10.2 Å². The Morgan fingerprint density at radius 1 is 1.31 bits per heavy atom. The number of nitrogens with zero attached hydrogens (tertiary/aromatic N) is 2. The van der Waals surface area contributed by atoms with Gasteiger partial charge in [-0.15, -0.1) is 24.0 Å². The van der Waals surface area contributed by atoms with Gasteiger partial charge in [-0.2, -0.15) is 0 Å². The van der Waals surface area contributed by atoms with E-state index in [1.807, 2.05) is 24.3 Å². The lowest BCUT2D eigenvalue weighted by Gasteiger charge is -2.23. The smallest absolute Gasteiger partial charge is 0.215 e. The normalized spacial score (nSPS) is 17.1. The van der Waals surface area contributed by atoms with Gasteiger partial charge in [0, 0.05) is 19.6 Å². The molecule has 26 heavy (non-hydrogen) atoms. The molecule has 0 atom stereocenters. The van der Waals surface area contributed by atoms with Crippen LogP contribution >= 0.6 is 24.0 Å². The number of benzene rings is 1. The molecule has 148 valence electrons. The molecule has 0 aliphatic carbocycles. The van der Waals surface area contributed by atoms with Gasteiger partial charge in [0.2, 0.25) is 10.0 Å². The zero-order valence-corrected chi connectivity index (χ0v) is 19.2. The van der Waals surface area contributed by atoms with Crippen molar-refractivity contribution in [2.75, 3.05) is 26.7 Å². The SMILES string of the molecule is CCNC(=NCc1cccc(CS(=O)(=O)NC)c1)N1CCC(C)(C)C1.I. The van der Waals surface area contributed by atoms with Crippen molar-refractivity contribution in [2.24, 2.45) is 10.4 Å². The lowest BCUT2D eigenvalue weighted by molar-refractivity contribution is 0.370. The van der Waals surface area contributed by atoms with E-state index < -0.39 is 10.0 Å². The largest absolute Gasteiger partial charge is 0.357 e. The van der Waals surface area contributed by atoms with Crippen molar-refractivity contribution >= 4 is 40.0 Å². The standard InChI is InChI=1S/C18H30N4O2S.HI/c1-5-20-17(22-10-9-18(2,3)14-22)21-12-15-7-6-8-16(11-15)13-25(23,24)19-4;/h6-8,11,19H,5,9-10,12-14H2,1-4H3,(H,20,21);1H. The number of hydrogen-bond donors (Lipinski definition) is 2. The van der Waals surface area contributed by atoms with Crippen LogP contribution in [0.4, 0.5) is 0 Å². The quantitative estimate of drug-likeness (QED) is 0.362. The van der Waals surface area contributed by atoms with Crippen LogP contribution in [0, 0.1) is 5.41 Å². The van der Waals surface area contributed by atoms with Crippen molar-refractivity contribution < 1.29 is 8.42 Å². The van der Waals surface area contributed by atoms with Gasteiger partial charge in [-0.1, -0.05) is 38.1 Å². The van der Waals surface area contributed by atoms with Gasteiger partial charge in [-0.3, -0.25) is 0 Å². The zero-order valence-electron chi connectivity index (χ0n) is 16.1. The van der Waals surface area contributed by atoms with Gasteiger partial charge in [-0.05, 0) is 36.9 Å². The second kappa shape index (κ2) is 9.89. The van der Waals surface area contributed by atoms with Gasteiger partial charge >= 0.3 is 0 Å². The Hall–Kier alpha value is -0.870. The minimum absolute atomic E-state index is 0. The third-order valence-corrected chi connectivity index (χ3v) is 5.72. The van der Waals surface area contributed by atoms with Crippen molar-refractivity contribution in [2.45, 2.75) is 39.5 Å². The summed E-state index contributed by atoms with van der Waals surface area (Å²) in [6.45, 7) is 10.0. The van der Waals surface area contributed by atoms with E-state index in [0.29, 0.717) is 12.0 Å². The minimum atomic E-state index is -3.26. The van der Waals surface area contributed by atoms with Gasteiger partial charge in [0.05, 0.1) is 12.3 Å². The molecule has 8 heteroatoms. The van der Waals surface area contributed by atoms with Crippen LogP contribution in [-0.2, 0) is 22.3 Å². The number of sulfonamides is 1. The lowest BCUT2D eigenvalue weighted by atomic mass is 9.93. The Morgan fingerprint density at radius 3 is 2.58 bits per heavy atom. The molecule has 0 spiro atoms. The number of halogens is 1. The highest BCUT2D eigenvalue weighted by atomic mass is 127. The van der Waals surface area contributed by atoms with Crippen LogP contribution in [-0.4, -0.2) is 46.0 Å². The number of hydrogen-bond acceptors (Lipinski definition) is 3. The summed E-state index contributed by atoms with van der Waals surface area (Å²) in [7, 11) is -1.83. The van der Waals surface area contributed by atoms with Crippen LogP contribution in [0.1, 0.15) is 38.3 Å². The van der Waals surface area contributed by atoms with Crippen molar-refractivity contribution in [3.8, 4) is 0 Å². The highest BCUT2D eigenvalue weighted by molar-refractivity contribution is 14.0. The van der Waals surface area contributed by atoms with Crippen molar-refractivity contribution in [3.63, 3.8) is 0 Å². The molecule has 1 saturated heterocycles. The third-order valence-electron chi connectivity index (χ3n) is 4.38. The number of rotatable bonds is 6. The van der Waals surface area contributed by atoms with Crippen molar-refractivity contribution in [3.05, 3.63) is 35.4 Å².